The second kappa shape index (κ2) is 13.5. The minimum atomic E-state index is -4.70. The molecule has 1 aliphatic rings. The Hall–Kier alpha value is -3.79. The van der Waals surface area contributed by atoms with Crippen LogP contribution in [0.1, 0.15) is 28.8 Å². The number of rotatable bonds is 8. The second-order valence-corrected chi connectivity index (χ2v) is 9.54. The van der Waals surface area contributed by atoms with E-state index in [0.717, 1.165) is 36.0 Å². The number of piperidine rings is 1. The molecule has 1 fully saturated rings. The summed E-state index contributed by atoms with van der Waals surface area (Å²) in [5.41, 5.74) is -0.122. The maximum Gasteiger partial charge on any atom is 0.418 e. The van der Waals surface area contributed by atoms with Crippen molar-refractivity contribution >= 4 is 35.6 Å². The van der Waals surface area contributed by atoms with Gasteiger partial charge in [-0.2, -0.15) is 13.2 Å². The number of benzene rings is 2. The third kappa shape index (κ3) is 7.44. The summed E-state index contributed by atoms with van der Waals surface area (Å²) in [4.78, 5) is 35.6. The number of methoxy groups -OCH3 is 1. The smallest absolute Gasteiger partial charge is 0.418 e. The molecule has 2 aromatic carbocycles. The number of pyridine rings is 1. The fourth-order valence-electron chi connectivity index (χ4n) is 4.80. The molecule has 0 aliphatic carbocycles. The van der Waals surface area contributed by atoms with E-state index in [2.05, 4.69) is 9.88 Å². The van der Waals surface area contributed by atoms with Crippen LogP contribution >= 0.6 is 12.4 Å². The molecule has 0 saturated carbocycles. The molecule has 0 unspecified atom stereocenters. The summed E-state index contributed by atoms with van der Waals surface area (Å²) in [5.74, 6) is -0.233. The van der Waals surface area contributed by atoms with E-state index in [0.29, 0.717) is 24.8 Å². The Kier molecular flexibility index (Phi) is 10.4. The van der Waals surface area contributed by atoms with Crippen LogP contribution in [0.3, 0.4) is 0 Å². The molecule has 0 atom stereocenters. The average molecular weight is 577 g/mol. The number of carbonyl (C=O) groups excluding carboxylic acids is 2. The highest BCUT2D eigenvalue weighted by molar-refractivity contribution is 6.09. The lowest BCUT2D eigenvalue weighted by Gasteiger charge is -2.35. The lowest BCUT2D eigenvalue weighted by Crippen LogP contribution is -2.47. The van der Waals surface area contributed by atoms with Crippen molar-refractivity contribution in [2.75, 3.05) is 50.1 Å². The Balaban J connectivity index is 0.00000441. The van der Waals surface area contributed by atoms with Crippen molar-refractivity contribution < 1.29 is 27.5 Å². The third-order valence-electron chi connectivity index (χ3n) is 6.98. The van der Waals surface area contributed by atoms with Gasteiger partial charge in [-0.25, -0.2) is 0 Å². The van der Waals surface area contributed by atoms with Crippen molar-refractivity contribution in [3.05, 3.63) is 84.2 Å². The highest BCUT2D eigenvalue weighted by Gasteiger charge is 2.37. The van der Waals surface area contributed by atoms with Crippen LogP contribution in [0.15, 0.2) is 73.1 Å². The number of nitrogens with zero attached hydrogens (tertiary/aromatic N) is 4. The van der Waals surface area contributed by atoms with Crippen LogP contribution in [0.5, 0.6) is 5.75 Å². The maximum atomic E-state index is 13.9. The molecule has 0 radical (unpaired) electrons. The molecule has 7 nitrogen and oxygen atoms in total. The number of anilines is 2. The fraction of sp³-hybridized carbons (Fsp3) is 0.345. The van der Waals surface area contributed by atoms with E-state index < -0.39 is 30.1 Å². The van der Waals surface area contributed by atoms with Crippen molar-refractivity contribution in [3.8, 4) is 5.75 Å². The van der Waals surface area contributed by atoms with E-state index in [9.17, 15) is 22.8 Å². The lowest BCUT2D eigenvalue weighted by atomic mass is 9.96. The summed E-state index contributed by atoms with van der Waals surface area (Å²) in [6, 6.07) is 14.7. The zero-order chi connectivity index (χ0) is 28.0. The molecule has 0 spiro atoms. The molecule has 3 aromatic rings. The second-order valence-electron chi connectivity index (χ2n) is 9.54. The first-order valence-corrected chi connectivity index (χ1v) is 12.7. The summed E-state index contributed by atoms with van der Waals surface area (Å²) in [5, 5.41) is 0. The topological polar surface area (TPSA) is 66.0 Å². The van der Waals surface area contributed by atoms with Crippen molar-refractivity contribution in [1.29, 1.82) is 0 Å². The number of para-hydroxylation sites is 1. The standard InChI is InChI=1S/C29H31F3N4O3.ClH/c1-34(23-11-15-33-16-12-23)19-21-13-17-35(18-14-21)27(37)20-36(26-6-4-3-5-25(26)29(30,31)32)28(38)22-7-9-24(39-2)10-8-22;/h3-12,15-16,21H,13-14,17-20H2,1-2H3;1H. The Morgan fingerprint density at radius 1 is 1.00 bits per heavy atom. The molecule has 2 amide bonds. The van der Waals surface area contributed by atoms with Gasteiger partial charge in [-0.15, -0.1) is 12.4 Å². The van der Waals surface area contributed by atoms with Crippen LogP contribution in [0, 0.1) is 5.92 Å². The molecule has 1 saturated heterocycles. The molecule has 0 bridgehead atoms. The molecule has 40 heavy (non-hydrogen) atoms. The van der Waals surface area contributed by atoms with E-state index >= 15 is 0 Å². The summed E-state index contributed by atoms with van der Waals surface area (Å²) in [6.45, 7) is 1.25. The first kappa shape index (κ1) is 30.7. The molecule has 4 rings (SSSR count). The van der Waals surface area contributed by atoms with E-state index in [4.69, 9.17) is 4.74 Å². The normalized spacial score (nSPS) is 13.8. The summed E-state index contributed by atoms with van der Waals surface area (Å²) >= 11 is 0. The molecule has 11 heteroatoms. The summed E-state index contributed by atoms with van der Waals surface area (Å²) < 4.78 is 46.8. The zero-order valence-electron chi connectivity index (χ0n) is 22.3. The average Bonchev–Trinajstić information content (AvgIpc) is 2.96. The van der Waals surface area contributed by atoms with Gasteiger partial charge in [0.05, 0.1) is 18.4 Å². The highest BCUT2D eigenvalue weighted by Crippen LogP contribution is 2.37. The first-order valence-electron chi connectivity index (χ1n) is 12.7. The molecule has 2 heterocycles. The van der Waals surface area contributed by atoms with Crippen molar-refractivity contribution in [1.82, 2.24) is 9.88 Å². The molecular formula is C29H32ClF3N4O3. The van der Waals surface area contributed by atoms with Gasteiger partial charge >= 0.3 is 6.18 Å². The third-order valence-corrected chi connectivity index (χ3v) is 6.98. The first-order chi connectivity index (χ1) is 18.7. The Morgan fingerprint density at radius 2 is 1.62 bits per heavy atom. The van der Waals surface area contributed by atoms with Gasteiger partial charge in [0.2, 0.25) is 5.91 Å². The van der Waals surface area contributed by atoms with E-state index in [-0.39, 0.29) is 23.7 Å². The predicted molar refractivity (Wildman–Crippen MR) is 150 cm³/mol. The van der Waals surface area contributed by atoms with Crippen LogP contribution in [0.2, 0.25) is 0 Å². The summed E-state index contributed by atoms with van der Waals surface area (Å²) in [6.07, 6.45) is 0.294. The van der Waals surface area contributed by atoms with Crippen LogP contribution in [-0.2, 0) is 11.0 Å². The molecule has 1 aromatic heterocycles. The molecular weight excluding hydrogens is 545 g/mol. The van der Waals surface area contributed by atoms with Gasteiger partial charge in [-0.05, 0) is 67.3 Å². The van der Waals surface area contributed by atoms with Gasteiger partial charge < -0.3 is 14.5 Å². The van der Waals surface area contributed by atoms with E-state index in [1.54, 1.807) is 29.4 Å². The number of halogens is 4. The van der Waals surface area contributed by atoms with Gasteiger partial charge in [0, 0.05) is 50.3 Å². The van der Waals surface area contributed by atoms with Crippen molar-refractivity contribution in [2.45, 2.75) is 19.0 Å². The fourth-order valence-corrected chi connectivity index (χ4v) is 4.80. The predicted octanol–water partition coefficient (Wildman–Crippen LogP) is 5.55. The van der Waals surface area contributed by atoms with Gasteiger partial charge in [-0.3, -0.25) is 19.5 Å². The number of ether oxygens (including phenoxy) is 1. The lowest BCUT2D eigenvalue weighted by molar-refractivity contribution is -0.137. The number of likely N-dealkylation sites (tertiary alicyclic amines) is 1. The number of alkyl halides is 3. The molecule has 214 valence electrons. The Labute approximate surface area is 238 Å². The van der Waals surface area contributed by atoms with Gasteiger partial charge in [0.25, 0.3) is 5.91 Å². The molecule has 1 aliphatic heterocycles. The van der Waals surface area contributed by atoms with Crippen LogP contribution < -0.4 is 14.5 Å². The number of carbonyl (C=O) groups is 2. The number of amides is 2. The zero-order valence-corrected chi connectivity index (χ0v) is 23.1. The van der Waals surface area contributed by atoms with E-state index in [1.165, 1.54) is 37.4 Å². The van der Waals surface area contributed by atoms with Crippen molar-refractivity contribution in [2.24, 2.45) is 5.92 Å². The van der Waals surface area contributed by atoms with Crippen LogP contribution in [0.4, 0.5) is 24.5 Å². The monoisotopic (exact) mass is 576 g/mol. The van der Waals surface area contributed by atoms with Gasteiger partial charge in [-0.1, -0.05) is 12.1 Å². The Bertz CT molecular complexity index is 1270. The SMILES string of the molecule is COc1ccc(C(=O)N(CC(=O)N2CCC(CN(C)c3ccncc3)CC2)c2ccccc2C(F)(F)F)cc1.Cl. The van der Waals surface area contributed by atoms with Gasteiger partial charge in [0.1, 0.15) is 12.3 Å². The number of hydrogen-bond acceptors (Lipinski definition) is 5. The van der Waals surface area contributed by atoms with Crippen molar-refractivity contribution in [3.63, 3.8) is 0 Å². The molecule has 0 N–H and O–H groups in total. The minimum absolute atomic E-state index is 0. The maximum absolute atomic E-state index is 13.9. The van der Waals surface area contributed by atoms with Crippen LogP contribution in [-0.4, -0.2) is 62.0 Å². The Morgan fingerprint density at radius 3 is 2.23 bits per heavy atom. The number of hydrogen-bond donors (Lipinski definition) is 0. The quantitative estimate of drug-likeness (QED) is 0.352. The van der Waals surface area contributed by atoms with Crippen LogP contribution in [0.25, 0.3) is 0 Å². The highest BCUT2D eigenvalue weighted by atomic mass is 35.5. The summed E-state index contributed by atoms with van der Waals surface area (Å²) in [7, 11) is 3.48. The number of aromatic nitrogens is 1. The largest absolute Gasteiger partial charge is 0.497 e. The minimum Gasteiger partial charge on any atom is -0.497 e. The van der Waals surface area contributed by atoms with E-state index in [1.807, 2.05) is 19.2 Å². The van der Waals surface area contributed by atoms with Gasteiger partial charge in [0.15, 0.2) is 0 Å².